The van der Waals surface area contributed by atoms with Crippen molar-refractivity contribution < 1.29 is 15.0 Å². The lowest BCUT2D eigenvalue weighted by molar-refractivity contribution is 0.0402. The molecule has 2 N–H and O–H groups in total. The zero-order valence-corrected chi connectivity index (χ0v) is 13.3. The van der Waals surface area contributed by atoms with Crippen molar-refractivity contribution in [3.63, 3.8) is 0 Å². The number of benzene rings is 1. The van der Waals surface area contributed by atoms with Gasteiger partial charge in [-0.15, -0.1) is 0 Å². The molecule has 0 saturated carbocycles. The Morgan fingerprint density at radius 1 is 1.10 bits per heavy atom. The summed E-state index contributed by atoms with van der Waals surface area (Å²) in [6, 6.07) is 7.51. The van der Waals surface area contributed by atoms with Crippen LogP contribution in [-0.4, -0.2) is 66.8 Å². The molecular weight excluding hydrogens is 268 g/mol. The molecule has 1 aromatic carbocycles. The van der Waals surface area contributed by atoms with Crippen molar-refractivity contribution in [3.8, 4) is 0 Å². The molecule has 1 rings (SSSR count). The molecule has 0 fully saturated rings. The lowest BCUT2D eigenvalue weighted by Crippen LogP contribution is -2.38. The van der Waals surface area contributed by atoms with Crippen molar-refractivity contribution in [2.75, 3.05) is 40.9 Å². The van der Waals surface area contributed by atoms with Gasteiger partial charge in [-0.25, -0.2) is 0 Å². The van der Waals surface area contributed by atoms with Gasteiger partial charge >= 0.3 is 0 Å². The first-order chi connectivity index (χ1) is 9.81. The van der Waals surface area contributed by atoms with E-state index in [-0.39, 0.29) is 19.1 Å². The Bertz CT molecular complexity index is 453. The molecule has 0 atom stereocenters. The zero-order chi connectivity index (χ0) is 16.0. The van der Waals surface area contributed by atoms with Crippen molar-refractivity contribution in [1.82, 2.24) is 9.80 Å². The minimum Gasteiger partial charge on any atom is -0.396 e. The summed E-state index contributed by atoms with van der Waals surface area (Å²) in [7, 11) is 5.41. The highest BCUT2D eigenvalue weighted by Gasteiger charge is 2.24. The van der Waals surface area contributed by atoms with Gasteiger partial charge in [0.2, 0.25) is 0 Å². The van der Waals surface area contributed by atoms with Gasteiger partial charge in [-0.1, -0.05) is 19.1 Å². The number of rotatable bonds is 7. The minimum absolute atomic E-state index is 0.0111. The number of hydrogen-bond donors (Lipinski definition) is 2. The Kier molecular flexibility index (Phi) is 6.33. The van der Waals surface area contributed by atoms with E-state index in [9.17, 15) is 15.0 Å². The molecular formula is C16H26N2O3. The summed E-state index contributed by atoms with van der Waals surface area (Å²) in [4.78, 5) is 15.4. The predicted molar refractivity (Wildman–Crippen MR) is 83.1 cm³/mol. The van der Waals surface area contributed by atoms with E-state index in [0.29, 0.717) is 18.7 Å². The van der Waals surface area contributed by atoms with Crippen LogP contribution in [0.3, 0.4) is 0 Å². The number of nitrogens with zero attached hydrogens (tertiary/aromatic N) is 2. The lowest BCUT2D eigenvalue weighted by atomic mass is 9.92. The molecule has 0 aliphatic carbocycles. The first-order valence-electron chi connectivity index (χ1n) is 7.02. The first-order valence-corrected chi connectivity index (χ1v) is 7.02. The third-order valence-corrected chi connectivity index (χ3v) is 3.47. The maximum atomic E-state index is 11.8. The molecule has 21 heavy (non-hydrogen) atoms. The van der Waals surface area contributed by atoms with Crippen LogP contribution in [0.25, 0.3) is 0 Å². The third kappa shape index (κ3) is 5.12. The van der Waals surface area contributed by atoms with Crippen LogP contribution in [0.15, 0.2) is 24.3 Å². The van der Waals surface area contributed by atoms with Gasteiger partial charge in [0.15, 0.2) is 0 Å². The van der Waals surface area contributed by atoms with E-state index in [2.05, 4.69) is 4.90 Å². The summed E-state index contributed by atoms with van der Waals surface area (Å²) < 4.78 is 0. The predicted octanol–water partition coefficient (Wildman–Crippen LogP) is 0.811. The number of carbonyl (C=O) groups excluding carboxylic acids is 1. The summed E-state index contributed by atoms with van der Waals surface area (Å²) in [5.41, 5.74) is 1.25. The highest BCUT2D eigenvalue weighted by molar-refractivity contribution is 5.93. The molecule has 5 heteroatoms. The van der Waals surface area contributed by atoms with Gasteiger partial charge in [0.1, 0.15) is 0 Å². The average Bonchev–Trinajstić information content (AvgIpc) is 2.46. The maximum Gasteiger partial charge on any atom is 0.253 e. The van der Waals surface area contributed by atoms with E-state index in [1.165, 1.54) is 0 Å². The Hall–Kier alpha value is -1.43. The Morgan fingerprint density at radius 2 is 1.62 bits per heavy atom. The summed E-state index contributed by atoms with van der Waals surface area (Å²) in [6.45, 7) is 3.04. The van der Waals surface area contributed by atoms with Crippen LogP contribution < -0.4 is 0 Å². The molecule has 0 radical (unpaired) electrons. The normalized spacial score (nSPS) is 11.8. The number of aliphatic hydroxyl groups excluding tert-OH is 2. The highest BCUT2D eigenvalue weighted by Crippen LogP contribution is 2.17. The van der Waals surface area contributed by atoms with Gasteiger partial charge in [-0.05, 0) is 24.7 Å². The maximum absolute atomic E-state index is 11.8. The molecule has 0 saturated heterocycles. The van der Waals surface area contributed by atoms with Gasteiger partial charge in [0.05, 0.1) is 13.2 Å². The smallest absolute Gasteiger partial charge is 0.253 e. The van der Waals surface area contributed by atoms with Crippen LogP contribution in [0.5, 0.6) is 0 Å². The summed E-state index contributed by atoms with van der Waals surface area (Å²) >= 11 is 0. The van der Waals surface area contributed by atoms with Gasteiger partial charge in [0, 0.05) is 38.2 Å². The van der Waals surface area contributed by atoms with Gasteiger partial charge in [-0.2, -0.15) is 0 Å². The lowest BCUT2D eigenvalue weighted by Gasteiger charge is -2.30. The van der Waals surface area contributed by atoms with Crippen molar-refractivity contribution >= 4 is 5.91 Å². The molecule has 0 aliphatic rings. The second-order valence-corrected chi connectivity index (χ2v) is 6.20. The van der Waals surface area contributed by atoms with Crippen molar-refractivity contribution in [1.29, 1.82) is 0 Å². The zero-order valence-electron chi connectivity index (χ0n) is 13.3. The summed E-state index contributed by atoms with van der Waals surface area (Å²) in [6.07, 6.45) is 0. The van der Waals surface area contributed by atoms with Gasteiger partial charge in [0.25, 0.3) is 5.91 Å². The second-order valence-electron chi connectivity index (χ2n) is 6.20. The largest absolute Gasteiger partial charge is 0.396 e. The topological polar surface area (TPSA) is 64.0 Å². The quantitative estimate of drug-likeness (QED) is 0.781. The standard InChI is InChI=1S/C16H26N2O3/c1-16(11-19,12-20)10-18(4)9-13-5-7-14(8-6-13)15(21)17(2)3/h5-8,19-20H,9-12H2,1-4H3. The molecule has 0 aliphatic heterocycles. The number of hydrogen-bond acceptors (Lipinski definition) is 4. The van der Waals surface area contributed by atoms with E-state index in [4.69, 9.17) is 0 Å². The summed E-state index contributed by atoms with van der Waals surface area (Å²) in [5.74, 6) is -0.0111. The minimum atomic E-state index is -0.504. The monoisotopic (exact) mass is 294 g/mol. The van der Waals surface area contributed by atoms with E-state index in [0.717, 1.165) is 5.56 Å². The van der Waals surface area contributed by atoms with Crippen molar-refractivity contribution in [3.05, 3.63) is 35.4 Å². The fourth-order valence-electron chi connectivity index (χ4n) is 2.18. The van der Waals surface area contributed by atoms with Crippen LogP contribution >= 0.6 is 0 Å². The van der Waals surface area contributed by atoms with Crippen molar-refractivity contribution in [2.24, 2.45) is 5.41 Å². The fourth-order valence-corrected chi connectivity index (χ4v) is 2.18. The van der Waals surface area contributed by atoms with E-state index < -0.39 is 5.41 Å². The summed E-state index contributed by atoms with van der Waals surface area (Å²) in [5, 5.41) is 18.6. The van der Waals surface area contributed by atoms with Gasteiger partial charge in [-0.3, -0.25) is 4.79 Å². The fraction of sp³-hybridized carbons (Fsp3) is 0.562. The van der Waals surface area contributed by atoms with E-state index in [1.807, 2.05) is 38.2 Å². The highest BCUT2D eigenvalue weighted by atomic mass is 16.3. The second kappa shape index (κ2) is 7.54. The number of aliphatic hydroxyl groups is 2. The number of carbonyl (C=O) groups is 1. The molecule has 1 amide bonds. The molecule has 0 bridgehead atoms. The molecule has 0 spiro atoms. The Labute approximate surface area is 126 Å². The first kappa shape index (κ1) is 17.6. The number of amides is 1. The molecule has 0 aromatic heterocycles. The average molecular weight is 294 g/mol. The van der Waals surface area contributed by atoms with E-state index in [1.54, 1.807) is 19.0 Å². The van der Waals surface area contributed by atoms with Crippen LogP contribution in [0, 0.1) is 5.41 Å². The Morgan fingerprint density at radius 3 is 2.05 bits per heavy atom. The third-order valence-electron chi connectivity index (χ3n) is 3.47. The molecule has 0 heterocycles. The van der Waals surface area contributed by atoms with Crippen LogP contribution in [0.2, 0.25) is 0 Å². The van der Waals surface area contributed by atoms with E-state index >= 15 is 0 Å². The molecule has 0 unspecified atom stereocenters. The van der Waals surface area contributed by atoms with Crippen LogP contribution in [0.4, 0.5) is 0 Å². The molecule has 5 nitrogen and oxygen atoms in total. The Balaban J connectivity index is 2.65. The molecule has 118 valence electrons. The van der Waals surface area contributed by atoms with Crippen molar-refractivity contribution in [2.45, 2.75) is 13.5 Å². The SMILES string of the molecule is CN(Cc1ccc(C(=O)N(C)C)cc1)CC(C)(CO)CO. The van der Waals surface area contributed by atoms with Crippen LogP contribution in [0.1, 0.15) is 22.8 Å². The van der Waals surface area contributed by atoms with Gasteiger partial charge < -0.3 is 20.0 Å². The molecule has 1 aromatic rings. The van der Waals surface area contributed by atoms with Crippen LogP contribution in [-0.2, 0) is 6.54 Å².